The molecule has 3 nitrogen and oxygen atoms in total. The molecule has 0 saturated carbocycles. The van der Waals surface area contributed by atoms with Crippen LogP contribution in [-0.4, -0.2) is 49.8 Å². The Bertz CT molecular complexity index is 214. The lowest BCUT2D eigenvalue weighted by Gasteiger charge is -2.34. The first-order chi connectivity index (χ1) is 8.24. The third kappa shape index (κ3) is 4.57. The molecule has 0 bridgehead atoms. The van der Waals surface area contributed by atoms with Crippen LogP contribution in [0.1, 0.15) is 39.5 Å². The molecule has 0 amide bonds. The van der Waals surface area contributed by atoms with E-state index in [9.17, 15) is 0 Å². The van der Waals surface area contributed by atoms with Gasteiger partial charge in [0.1, 0.15) is 0 Å². The highest BCUT2D eigenvalue weighted by Crippen LogP contribution is 2.18. The monoisotopic (exact) mass is 240 g/mol. The molecule has 2 unspecified atom stereocenters. The van der Waals surface area contributed by atoms with Gasteiger partial charge in [-0.15, -0.1) is 0 Å². The van der Waals surface area contributed by atoms with E-state index in [4.69, 9.17) is 4.74 Å². The Kier molecular flexibility index (Phi) is 5.26. The van der Waals surface area contributed by atoms with Crippen LogP contribution in [0.5, 0.6) is 0 Å². The zero-order chi connectivity index (χ0) is 12.1. The number of nitrogens with one attached hydrogen (secondary N) is 1. The van der Waals surface area contributed by atoms with Gasteiger partial charge >= 0.3 is 0 Å². The summed E-state index contributed by atoms with van der Waals surface area (Å²) in [7, 11) is 0. The average molecular weight is 240 g/mol. The van der Waals surface area contributed by atoms with Gasteiger partial charge in [0.25, 0.3) is 0 Å². The van der Waals surface area contributed by atoms with Crippen molar-refractivity contribution in [2.75, 3.05) is 32.8 Å². The smallest absolute Gasteiger partial charge is 0.0495 e. The largest absolute Gasteiger partial charge is 0.381 e. The van der Waals surface area contributed by atoms with Gasteiger partial charge in [-0.2, -0.15) is 0 Å². The fourth-order valence-electron chi connectivity index (χ4n) is 3.04. The van der Waals surface area contributed by atoms with Gasteiger partial charge in [-0.05, 0) is 44.7 Å². The van der Waals surface area contributed by atoms with E-state index in [1.165, 1.54) is 45.3 Å². The van der Waals surface area contributed by atoms with Crippen LogP contribution in [0.3, 0.4) is 0 Å². The number of ether oxygens (including phenoxy) is 1. The molecular weight excluding hydrogens is 212 g/mol. The second-order valence-corrected chi connectivity index (χ2v) is 5.98. The Hall–Kier alpha value is -0.120. The van der Waals surface area contributed by atoms with Gasteiger partial charge in [0.2, 0.25) is 0 Å². The lowest BCUT2D eigenvalue weighted by molar-refractivity contribution is 0.160. The normalized spacial score (nSPS) is 31.2. The summed E-state index contributed by atoms with van der Waals surface area (Å²) in [6.07, 6.45) is 5.31. The number of likely N-dealkylation sites (tertiary alicyclic amines) is 1. The first kappa shape index (κ1) is 13.3. The zero-order valence-electron chi connectivity index (χ0n) is 11.5. The SMILES string of the molecule is CC(C)NC1CCCN(CCC2CCOC2)C1. The van der Waals surface area contributed by atoms with Crippen molar-refractivity contribution in [3.8, 4) is 0 Å². The van der Waals surface area contributed by atoms with Gasteiger partial charge in [-0.25, -0.2) is 0 Å². The van der Waals surface area contributed by atoms with Crippen molar-refractivity contribution < 1.29 is 4.74 Å². The Morgan fingerprint density at radius 1 is 1.35 bits per heavy atom. The lowest BCUT2D eigenvalue weighted by atomic mass is 10.0. The maximum atomic E-state index is 5.44. The second kappa shape index (κ2) is 6.72. The van der Waals surface area contributed by atoms with Crippen LogP contribution in [0.25, 0.3) is 0 Å². The third-order valence-electron chi connectivity index (χ3n) is 3.95. The Labute approximate surface area is 106 Å². The van der Waals surface area contributed by atoms with Crippen molar-refractivity contribution in [1.82, 2.24) is 10.2 Å². The first-order valence-electron chi connectivity index (χ1n) is 7.30. The van der Waals surface area contributed by atoms with Crippen molar-refractivity contribution in [2.24, 2.45) is 5.92 Å². The summed E-state index contributed by atoms with van der Waals surface area (Å²) < 4.78 is 5.44. The van der Waals surface area contributed by atoms with Crippen LogP contribution in [0, 0.1) is 5.92 Å². The summed E-state index contributed by atoms with van der Waals surface area (Å²) in [5.74, 6) is 0.827. The van der Waals surface area contributed by atoms with E-state index in [-0.39, 0.29) is 0 Å². The maximum Gasteiger partial charge on any atom is 0.0495 e. The van der Waals surface area contributed by atoms with Gasteiger partial charge < -0.3 is 15.0 Å². The predicted octanol–water partition coefficient (Wildman–Crippen LogP) is 1.88. The van der Waals surface area contributed by atoms with Crippen molar-refractivity contribution in [3.63, 3.8) is 0 Å². The third-order valence-corrected chi connectivity index (χ3v) is 3.95. The molecule has 2 aliphatic rings. The summed E-state index contributed by atoms with van der Waals surface area (Å²) in [5, 5.41) is 3.67. The summed E-state index contributed by atoms with van der Waals surface area (Å²) in [6, 6.07) is 1.33. The number of hydrogen-bond donors (Lipinski definition) is 1. The minimum Gasteiger partial charge on any atom is -0.381 e. The highest BCUT2D eigenvalue weighted by molar-refractivity contribution is 4.80. The minimum absolute atomic E-state index is 0.614. The van der Waals surface area contributed by atoms with E-state index in [1.807, 2.05) is 0 Å². The van der Waals surface area contributed by atoms with Gasteiger partial charge in [-0.3, -0.25) is 0 Å². The number of nitrogens with zero attached hydrogens (tertiary/aromatic N) is 1. The van der Waals surface area contributed by atoms with E-state index in [0.717, 1.165) is 19.1 Å². The number of rotatable bonds is 5. The van der Waals surface area contributed by atoms with Gasteiger partial charge in [-0.1, -0.05) is 13.8 Å². The number of piperidine rings is 1. The molecule has 17 heavy (non-hydrogen) atoms. The van der Waals surface area contributed by atoms with Gasteiger partial charge in [0.05, 0.1) is 0 Å². The number of hydrogen-bond acceptors (Lipinski definition) is 3. The summed E-state index contributed by atoms with van der Waals surface area (Å²) >= 11 is 0. The highest BCUT2D eigenvalue weighted by atomic mass is 16.5. The van der Waals surface area contributed by atoms with Crippen LogP contribution >= 0.6 is 0 Å². The molecule has 0 aromatic carbocycles. The topological polar surface area (TPSA) is 24.5 Å². The van der Waals surface area contributed by atoms with Gasteiger partial charge in [0.15, 0.2) is 0 Å². The van der Waals surface area contributed by atoms with E-state index in [1.54, 1.807) is 0 Å². The van der Waals surface area contributed by atoms with Crippen molar-refractivity contribution in [1.29, 1.82) is 0 Å². The molecule has 0 aromatic heterocycles. The van der Waals surface area contributed by atoms with E-state index < -0.39 is 0 Å². The Morgan fingerprint density at radius 2 is 2.24 bits per heavy atom. The second-order valence-electron chi connectivity index (χ2n) is 5.98. The van der Waals surface area contributed by atoms with Crippen LogP contribution < -0.4 is 5.32 Å². The standard InChI is InChI=1S/C14H28N2O/c1-12(2)15-14-4-3-7-16(10-14)8-5-13-6-9-17-11-13/h12-15H,3-11H2,1-2H3. The van der Waals surface area contributed by atoms with Gasteiger partial charge in [0, 0.05) is 31.8 Å². The predicted molar refractivity (Wildman–Crippen MR) is 71.3 cm³/mol. The Morgan fingerprint density at radius 3 is 2.94 bits per heavy atom. The Balaban J connectivity index is 1.65. The molecule has 2 heterocycles. The molecular formula is C14H28N2O. The first-order valence-corrected chi connectivity index (χ1v) is 7.30. The maximum absolute atomic E-state index is 5.44. The summed E-state index contributed by atoms with van der Waals surface area (Å²) in [4.78, 5) is 2.64. The molecule has 3 heteroatoms. The summed E-state index contributed by atoms with van der Waals surface area (Å²) in [6.45, 7) is 10.3. The van der Waals surface area contributed by atoms with Crippen LogP contribution in [0.2, 0.25) is 0 Å². The highest BCUT2D eigenvalue weighted by Gasteiger charge is 2.22. The van der Waals surface area contributed by atoms with Crippen LogP contribution in [0.15, 0.2) is 0 Å². The summed E-state index contributed by atoms with van der Waals surface area (Å²) in [5.41, 5.74) is 0. The van der Waals surface area contributed by atoms with E-state index in [2.05, 4.69) is 24.1 Å². The fraction of sp³-hybridized carbons (Fsp3) is 1.00. The molecule has 2 aliphatic heterocycles. The molecule has 1 N–H and O–H groups in total. The van der Waals surface area contributed by atoms with Crippen LogP contribution in [0.4, 0.5) is 0 Å². The fourth-order valence-corrected chi connectivity index (χ4v) is 3.04. The molecule has 0 aliphatic carbocycles. The van der Waals surface area contributed by atoms with E-state index >= 15 is 0 Å². The molecule has 100 valence electrons. The molecule has 0 radical (unpaired) electrons. The molecule has 2 atom stereocenters. The minimum atomic E-state index is 0.614. The molecule has 2 saturated heterocycles. The van der Waals surface area contributed by atoms with Crippen molar-refractivity contribution >= 4 is 0 Å². The molecule has 2 rings (SSSR count). The average Bonchev–Trinajstić information content (AvgIpc) is 2.79. The lowest BCUT2D eigenvalue weighted by Crippen LogP contribution is -2.48. The van der Waals surface area contributed by atoms with E-state index in [0.29, 0.717) is 12.1 Å². The molecule has 0 spiro atoms. The molecule has 0 aromatic rings. The van der Waals surface area contributed by atoms with Crippen molar-refractivity contribution in [3.05, 3.63) is 0 Å². The zero-order valence-corrected chi connectivity index (χ0v) is 11.5. The molecule has 2 fully saturated rings. The quantitative estimate of drug-likeness (QED) is 0.794. The van der Waals surface area contributed by atoms with Crippen LogP contribution in [-0.2, 0) is 4.74 Å². The van der Waals surface area contributed by atoms with Crippen molar-refractivity contribution in [2.45, 2.75) is 51.6 Å².